The van der Waals surface area contributed by atoms with Crippen LogP contribution in [0, 0.1) is 0 Å². The normalized spacial score (nSPS) is 11.8. The molecule has 43 heavy (non-hydrogen) atoms. The first kappa shape index (κ1) is 41.4. The minimum atomic E-state index is -0.851. The van der Waals surface area contributed by atoms with Gasteiger partial charge in [0.05, 0.1) is 13.2 Å². The third kappa shape index (κ3) is 30.2. The Labute approximate surface area is 265 Å². The Kier molecular flexibility index (Phi) is 32.0. The lowest BCUT2D eigenvalue weighted by Crippen LogP contribution is -2.42. The molecule has 0 aliphatic rings. The lowest BCUT2D eigenvalue weighted by molar-refractivity contribution is -0.149. The first-order chi connectivity index (χ1) is 21.0. The smallest absolute Gasteiger partial charge is 0.328 e. The van der Waals surface area contributed by atoms with Crippen LogP contribution in [0.15, 0.2) is 0 Å². The summed E-state index contributed by atoms with van der Waals surface area (Å²) in [4.78, 5) is 37.0. The van der Waals surface area contributed by atoms with Crippen LogP contribution in [0.3, 0.4) is 0 Å². The van der Waals surface area contributed by atoms with Crippen LogP contribution in [-0.4, -0.2) is 43.6 Å². The average Bonchev–Trinajstić information content (AvgIpc) is 3.00. The van der Waals surface area contributed by atoms with E-state index in [1.165, 1.54) is 122 Å². The zero-order chi connectivity index (χ0) is 31.6. The Morgan fingerprint density at radius 2 is 0.907 bits per heavy atom. The standard InChI is InChI=1S/C36H70N2O5/c1-3-5-7-9-11-13-15-17-19-21-23-25-31-42-35(40)28-27-33(38-34(39)29-30-37)36(41)43-32-26-24-22-20-18-16-14-12-10-8-6-4-2/h33H,3-32,37H2,1-2H3,(H,38,39). The van der Waals surface area contributed by atoms with Gasteiger partial charge < -0.3 is 20.5 Å². The number of esters is 2. The van der Waals surface area contributed by atoms with Crippen LogP contribution in [-0.2, 0) is 23.9 Å². The lowest BCUT2D eigenvalue weighted by atomic mass is 10.1. The van der Waals surface area contributed by atoms with E-state index in [1.54, 1.807) is 0 Å². The molecule has 7 nitrogen and oxygen atoms in total. The Hall–Kier alpha value is -1.63. The van der Waals surface area contributed by atoms with E-state index in [4.69, 9.17) is 15.2 Å². The molecule has 0 radical (unpaired) electrons. The van der Waals surface area contributed by atoms with Crippen LogP contribution in [0.1, 0.15) is 187 Å². The highest BCUT2D eigenvalue weighted by atomic mass is 16.5. The number of rotatable bonds is 33. The van der Waals surface area contributed by atoms with Crippen LogP contribution in [0.5, 0.6) is 0 Å². The number of nitrogens with two attached hydrogens (primary N) is 1. The largest absolute Gasteiger partial charge is 0.466 e. The van der Waals surface area contributed by atoms with Crippen molar-refractivity contribution in [2.75, 3.05) is 19.8 Å². The summed E-state index contributed by atoms with van der Waals surface area (Å²) < 4.78 is 10.8. The van der Waals surface area contributed by atoms with Crippen molar-refractivity contribution in [2.24, 2.45) is 5.73 Å². The van der Waals surface area contributed by atoms with Gasteiger partial charge in [-0.25, -0.2) is 4.79 Å². The third-order valence-electron chi connectivity index (χ3n) is 8.13. The first-order valence-electron chi connectivity index (χ1n) is 18.4. The van der Waals surface area contributed by atoms with Gasteiger partial charge in [0.15, 0.2) is 0 Å². The van der Waals surface area contributed by atoms with Gasteiger partial charge in [-0.05, 0) is 19.3 Å². The van der Waals surface area contributed by atoms with Crippen LogP contribution >= 0.6 is 0 Å². The minimum Gasteiger partial charge on any atom is -0.466 e. The Morgan fingerprint density at radius 3 is 1.30 bits per heavy atom. The summed E-state index contributed by atoms with van der Waals surface area (Å²) in [5.41, 5.74) is 5.48. The summed E-state index contributed by atoms with van der Waals surface area (Å²) in [7, 11) is 0. The molecule has 0 saturated carbocycles. The lowest BCUT2D eigenvalue weighted by Gasteiger charge is -2.17. The van der Waals surface area contributed by atoms with E-state index in [9.17, 15) is 14.4 Å². The second-order valence-corrected chi connectivity index (χ2v) is 12.4. The molecule has 0 saturated heterocycles. The highest BCUT2D eigenvalue weighted by Crippen LogP contribution is 2.14. The SMILES string of the molecule is CCCCCCCCCCCCCCOC(=O)CCC(NC(=O)CCN)C(=O)OCCCCCCCCCCCCCC. The number of hydrogen-bond donors (Lipinski definition) is 2. The third-order valence-corrected chi connectivity index (χ3v) is 8.13. The van der Waals surface area contributed by atoms with E-state index in [1.807, 2.05) is 0 Å². The van der Waals surface area contributed by atoms with Crippen LogP contribution in [0.4, 0.5) is 0 Å². The van der Waals surface area contributed by atoms with Crippen molar-refractivity contribution in [3.63, 3.8) is 0 Å². The molecule has 0 spiro atoms. The Morgan fingerprint density at radius 1 is 0.535 bits per heavy atom. The van der Waals surface area contributed by atoms with E-state index >= 15 is 0 Å². The monoisotopic (exact) mass is 611 g/mol. The molecule has 0 aromatic rings. The molecule has 0 aromatic carbocycles. The molecule has 3 N–H and O–H groups in total. The Bertz CT molecular complexity index is 643. The maximum absolute atomic E-state index is 12.7. The van der Waals surface area contributed by atoms with Gasteiger partial charge in [-0.3, -0.25) is 9.59 Å². The molecule has 1 unspecified atom stereocenters. The molecule has 0 rings (SSSR count). The predicted molar refractivity (Wildman–Crippen MR) is 179 cm³/mol. The van der Waals surface area contributed by atoms with Gasteiger partial charge >= 0.3 is 11.9 Å². The number of ether oxygens (including phenoxy) is 2. The quantitative estimate of drug-likeness (QED) is 0.0567. The van der Waals surface area contributed by atoms with Gasteiger partial charge in [-0.2, -0.15) is 0 Å². The summed E-state index contributed by atoms with van der Waals surface area (Å²) in [5, 5.41) is 2.69. The molecule has 0 aromatic heterocycles. The van der Waals surface area contributed by atoms with Crippen molar-refractivity contribution in [1.82, 2.24) is 5.32 Å². The van der Waals surface area contributed by atoms with E-state index in [-0.39, 0.29) is 37.7 Å². The summed E-state index contributed by atoms with van der Waals surface area (Å²) in [5.74, 6) is -1.13. The van der Waals surface area contributed by atoms with Gasteiger partial charge in [0.25, 0.3) is 0 Å². The van der Waals surface area contributed by atoms with Gasteiger partial charge in [-0.1, -0.05) is 155 Å². The zero-order valence-electron chi connectivity index (χ0n) is 28.4. The van der Waals surface area contributed by atoms with Gasteiger partial charge in [0, 0.05) is 19.4 Å². The number of unbranched alkanes of at least 4 members (excludes halogenated alkanes) is 22. The number of amides is 1. The van der Waals surface area contributed by atoms with Crippen molar-refractivity contribution in [1.29, 1.82) is 0 Å². The van der Waals surface area contributed by atoms with E-state index in [0.29, 0.717) is 13.2 Å². The van der Waals surface area contributed by atoms with Crippen molar-refractivity contribution in [3.05, 3.63) is 0 Å². The first-order valence-corrected chi connectivity index (χ1v) is 18.4. The van der Waals surface area contributed by atoms with Crippen molar-refractivity contribution in [3.8, 4) is 0 Å². The van der Waals surface area contributed by atoms with E-state index < -0.39 is 12.0 Å². The second-order valence-electron chi connectivity index (χ2n) is 12.4. The number of hydrogen-bond acceptors (Lipinski definition) is 6. The fourth-order valence-electron chi connectivity index (χ4n) is 5.33. The minimum absolute atomic E-state index is 0.0690. The van der Waals surface area contributed by atoms with Crippen LogP contribution in [0.2, 0.25) is 0 Å². The second kappa shape index (κ2) is 33.3. The molecule has 0 aliphatic carbocycles. The maximum Gasteiger partial charge on any atom is 0.328 e. The molecule has 1 atom stereocenters. The molecular formula is C36H70N2O5. The summed E-state index contributed by atoms with van der Waals surface area (Å²) in [6, 6.07) is -0.851. The molecular weight excluding hydrogens is 540 g/mol. The van der Waals surface area contributed by atoms with Crippen LogP contribution in [0.25, 0.3) is 0 Å². The fourth-order valence-corrected chi connectivity index (χ4v) is 5.33. The highest BCUT2D eigenvalue weighted by Gasteiger charge is 2.23. The summed E-state index contributed by atoms with van der Waals surface area (Å²) in [6.45, 7) is 5.45. The average molecular weight is 611 g/mol. The van der Waals surface area contributed by atoms with Gasteiger partial charge in [-0.15, -0.1) is 0 Å². The van der Waals surface area contributed by atoms with Crippen molar-refractivity contribution < 1.29 is 23.9 Å². The summed E-state index contributed by atoms with van der Waals surface area (Å²) >= 11 is 0. The predicted octanol–water partition coefficient (Wildman–Crippen LogP) is 9.09. The highest BCUT2D eigenvalue weighted by molar-refractivity contribution is 5.85. The number of carbonyl (C=O) groups is 3. The maximum atomic E-state index is 12.7. The molecule has 0 fully saturated rings. The van der Waals surface area contributed by atoms with Crippen molar-refractivity contribution >= 4 is 17.8 Å². The molecule has 0 aliphatic heterocycles. The van der Waals surface area contributed by atoms with E-state index in [0.717, 1.165) is 32.1 Å². The summed E-state index contributed by atoms with van der Waals surface area (Å²) in [6.07, 6.45) is 30.4. The molecule has 0 bridgehead atoms. The molecule has 1 amide bonds. The molecule has 0 heterocycles. The molecule has 7 heteroatoms. The van der Waals surface area contributed by atoms with Gasteiger partial charge in [0.1, 0.15) is 6.04 Å². The number of nitrogens with one attached hydrogen (secondary N) is 1. The Balaban J connectivity index is 3.96. The molecule has 254 valence electrons. The van der Waals surface area contributed by atoms with Gasteiger partial charge in [0.2, 0.25) is 5.91 Å². The van der Waals surface area contributed by atoms with E-state index in [2.05, 4.69) is 19.2 Å². The number of carbonyl (C=O) groups excluding carboxylic acids is 3. The van der Waals surface area contributed by atoms with Crippen LogP contribution < -0.4 is 11.1 Å². The zero-order valence-corrected chi connectivity index (χ0v) is 28.4. The van der Waals surface area contributed by atoms with Crippen molar-refractivity contribution in [2.45, 2.75) is 193 Å². The topological polar surface area (TPSA) is 108 Å². The fraction of sp³-hybridized carbons (Fsp3) is 0.917.